The number of aromatic nitrogens is 3. The van der Waals surface area contributed by atoms with Crippen LogP contribution in [0.25, 0.3) is 11.6 Å². The molecule has 0 unspecified atom stereocenters. The Kier molecular flexibility index (Phi) is 5.93. The molecule has 3 aromatic rings. The van der Waals surface area contributed by atoms with Crippen molar-refractivity contribution in [1.29, 1.82) is 0 Å². The zero-order chi connectivity index (χ0) is 22.0. The lowest BCUT2D eigenvalue weighted by atomic mass is 9.78. The van der Waals surface area contributed by atoms with Gasteiger partial charge in [-0.25, -0.2) is 0 Å². The molecule has 2 aromatic heterocycles. The first-order valence-corrected chi connectivity index (χ1v) is 10.6. The number of carbonyl (C=O) groups excluding carboxylic acids is 1. The van der Waals surface area contributed by atoms with Gasteiger partial charge in [-0.05, 0) is 31.0 Å². The normalized spacial score (nSPS) is 21.9. The molecular formula is C23H29N5O3. The van der Waals surface area contributed by atoms with E-state index in [9.17, 15) is 9.90 Å². The predicted molar refractivity (Wildman–Crippen MR) is 116 cm³/mol. The number of β-amino-alcohol motifs (C(OH)–C–C–N with tert-alkyl or cyclic N) is 1. The van der Waals surface area contributed by atoms with Crippen molar-refractivity contribution < 1.29 is 14.3 Å². The summed E-state index contributed by atoms with van der Waals surface area (Å²) in [6, 6.07) is 13.7. The summed E-state index contributed by atoms with van der Waals surface area (Å²) in [5.41, 5.74) is 2.11. The highest BCUT2D eigenvalue weighted by molar-refractivity contribution is 5.77. The molecule has 3 heterocycles. The van der Waals surface area contributed by atoms with Crippen LogP contribution < -0.4 is 5.32 Å². The minimum absolute atomic E-state index is 0.0734. The molecule has 8 nitrogen and oxygen atoms in total. The molecule has 1 aliphatic heterocycles. The van der Waals surface area contributed by atoms with E-state index in [0.29, 0.717) is 44.3 Å². The number of hydrogen-bond acceptors (Lipinski definition) is 6. The molecule has 164 valence electrons. The monoisotopic (exact) mass is 423 g/mol. The van der Waals surface area contributed by atoms with Gasteiger partial charge in [0.1, 0.15) is 5.69 Å². The number of nitrogens with one attached hydrogen (secondary N) is 1. The van der Waals surface area contributed by atoms with Crippen molar-refractivity contribution in [3.05, 3.63) is 59.6 Å². The molecule has 1 aromatic carbocycles. The maximum absolute atomic E-state index is 12.3. The highest BCUT2D eigenvalue weighted by atomic mass is 16.4. The predicted octanol–water partition coefficient (Wildman–Crippen LogP) is 2.37. The fourth-order valence-corrected chi connectivity index (χ4v) is 4.20. The van der Waals surface area contributed by atoms with Crippen molar-refractivity contribution in [3.63, 3.8) is 0 Å². The Hall–Kier alpha value is -2.97. The molecule has 0 aliphatic carbocycles. The Labute approximate surface area is 181 Å². The van der Waals surface area contributed by atoms with E-state index in [0.717, 1.165) is 17.0 Å². The van der Waals surface area contributed by atoms with Crippen LogP contribution in [0.3, 0.4) is 0 Å². The summed E-state index contributed by atoms with van der Waals surface area (Å²) in [6.07, 6.45) is 0.188. The Morgan fingerprint density at radius 2 is 2.03 bits per heavy atom. The van der Waals surface area contributed by atoms with Crippen molar-refractivity contribution >= 4 is 5.91 Å². The molecule has 2 atom stereocenters. The van der Waals surface area contributed by atoms with Crippen LogP contribution in [0.1, 0.15) is 36.9 Å². The lowest BCUT2D eigenvalue weighted by Crippen LogP contribution is -2.61. The van der Waals surface area contributed by atoms with Crippen LogP contribution in [0.2, 0.25) is 0 Å². The number of likely N-dealkylation sites (tertiary alicyclic amines) is 1. The number of aliphatic hydroxyl groups excluding tert-OH is 1. The Balaban J connectivity index is 1.49. The van der Waals surface area contributed by atoms with Gasteiger partial charge in [0.25, 0.3) is 5.89 Å². The van der Waals surface area contributed by atoms with Crippen molar-refractivity contribution in [2.75, 3.05) is 13.1 Å². The SMILES string of the molecule is CCC(=O)N[C@]1(c2ccccc2)CCN(Cc2nnc(-c3ccc(C)n3C)o2)C[C@H]1O. The van der Waals surface area contributed by atoms with Crippen LogP contribution >= 0.6 is 0 Å². The van der Waals surface area contributed by atoms with E-state index in [1.807, 2.05) is 67.9 Å². The van der Waals surface area contributed by atoms with Gasteiger partial charge < -0.3 is 19.4 Å². The van der Waals surface area contributed by atoms with Crippen LogP contribution in [0.15, 0.2) is 46.9 Å². The summed E-state index contributed by atoms with van der Waals surface area (Å²) in [7, 11) is 1.96. The van der Waals surface area contributed by atoms with Crippen LogP contribution in [0, 0.1) is 6.92 Å². The van der Waals surface area contributed by atoms with Crippen molar-refractivity contribution in [1.82, 2.24) is 25.0 Å². The maximum Gasteiger partial charge on any atom is 0.264 e. The summed E-state index contributed by atoms with van der Waals surface area (Å²) in [5, 5.41) is 22.6. The summed E-state index contributed by atoms with van der Waals surface area (Å²) < 4.78 is 7.89. The van der Waals surface area contributed by atoms with E-state index >= 15 is 0 Å². The van der Waals surface area contributed by atoms with Crippen LogP contribution in [0.5, 0.6) is 0 Å². The molecule has 1 amide bonds. The van der Waals surface area contributed by atoms with Gasteiger partial charge >= 0.3 is 0 Å². The zero-order valence-electron chi connectivity index (χ0n) is 18.2. The standard InChI is InChI=1S/C23H29N5O3/c1-4-20(30)24-23(17-8-6-5-7-9-17)12-13-28(14-19(23)29)15-21-25-26-22(31-21)18-11-10-16(2)27(18)3/h5-11,19,29H,4,12-15H2,1-3H3,(H,24,30)/t19-,23+/m1/s1. The quantitative estimate of drug-likeness (QED) is 0.632. The maximum atomic E-state index is 12.3. The number of hydrogen-bond donors (Lipinski definition) is 2. The molecule has 2 N–H and O–H groups in total. The van der Waals surface area contributed by atoms with Gasteiger partial charge in [-0.2, -0.15) is 0 Å². The van der Waals surface area contributed by atoms with Gasteiger partial charge in [0.05, 0.1) is 18.2 Å². The molecule has 8 heteroatoms. The van der Waals surface area contributed by atoms with Gasteiger partial charge in [0.15, 0.2) is 0 Å². The minimum atomic E-state index is -0.800. The first-order valence-electron chi connectivity index (χ1n) is 10.6. The second-order valence-corrected chi connectivity index (χ2v) is 8.16. The number of aliphatic hydroxyl groups is 1. The zero-order valence-corrected chi connectivity index (χ0v) is 18.2. The highest BCUT2D eigenvalue weighted by Crippen LogP contribution is 2.34. The molecule has 1 saturated heterocycles. The lowest BCUT2D eigenvalue weighted by molar-refractivity contribution is -0.126. The number of aryl methyl sites for hydroxylation is 1. The first kappa shape index (κ1) is 21.3. The van der Waals surface area contributed by atoms with Crippen LogP contribution in [-0.2, 0) is 23.9 Å². The summed E-state index contributed by atoms with van der Waals surface area (Å²) in [6.45, 7) is 5.35. The van der Waals surface area contributed by atoms with Gasteiger partial charge in [0.2, 0.25) is 11.8 Å². The van der Waals surface area contributed by atoms with Gasteiger partial charge in [-0.1, -0.05) is 37.3 Å². The van der Waals surface area contributed by atoms with E-state index < -0.39 is 11.6 Å². The second-order valence-electron chi connectivity index (χ2n) is 8.16. The average molecular weight is 424 g/mol. The molecule has 1 fully saturated rings. The van der Waals surface area contributed by atoms with E-state index in [1.165, 1.54) is 0 Å². The third-order valence-electron chi connectivity index (χ3n) is 6.21. The fourth-order valence-electron chi connectivity index (χ4n) is 4.20. The van der Waals surface area contributed by atoms with E-state index in [4.69, 9.17) is 4.42 Å². The third-order valence-corrected chi connectivity index (χ3v) is 6.21. The number of carbonyl (C=O) groups is 1. The van der Waals surface area contributed by atoms with Gasteiger partial charge in [0, 0.05) is 32.3 Å². The van der Waals surface area contributed by atoms with Gasteiger partial charge in [-0.3, -0.25) is 9.69 Å². The number of amides is 1. The molecule has 0 spiro atoms. The third kappa shape index (κ3) is 4.13. The Morgan fingerprint density at radius 3 is 2.68 bits per heavy atom. The second kappa shape index (κ2) is 8.64. The number of rotatable bonds is 6. The molecule has 0 radical (unpaired) electrons. The first-order chi connectivity index (χ1) is 14.9. The average Bonchev–Trinajstić information content (AvgIpc) is 3.37. The summed E-state index contributed by atoms with van der Waals surface area (Å²) >= 11 is 0. The highest BCUT2D eigenvalue weighted by Gasteiger charge is 2.44. The van der Waals surface area contributed by atoms with Crippen molar-refractivity contribution in [3.8, 4) is 11.6 Å². The molecule has 4 rings (SSSR count). The summed E-state index contributed by atoms with van der Waals surface area (Å²) in [5.74, 6) is 0.915. The fraction of sp³-hybridized carbons (Fsp3) is 0.435. The Morgan fingerprint density at radius 1 is 1.26 bits per heavy atom. The largest absolute Gasteiger partial charge is 0.418 e. The lowest BCUT2D eigenvalue weighted by Gasteiger charge is -2.46. The van der Waals surface area contributed by atoms with E-state index in [1.54, 1.807) is 0 Å². The Bertz CT molecular complexity index is 1040. The van der Waals surface area contributed by atoms with Crippen LogP contribution in [-0.4, -0.2) is 49.9 Å². The molecule has 0 bridgehead atoms. The topological polar surface area (TPSA) is 96.4 Å². The smallest absolute Gasteiger partial charge is 0.264 e. The summed E-state index contributed by atoms with van der Waals surface area (Å²) in [4.78, 5) is 14.4. The van der Waals surface area contributed by atoms with E-state index in [2.05, 4.69) is 20.4 Å². The molecule has 1 aliphatic rings. The van der Waals surface area contributed by atoms with Gasteiger partial charge in [-0.15, -0.1) is 10.2 Å². The number of piperidine rings is 1. The number of benzene rings is 1. The van der Waals surface area contributed by atoms with Crippen molar-refractivity contribution in [2.45, 2.75) is 44.9 Å². The molecule has 0 saturated carbocycles. The van der Waals surface area contributed by atoms with E-state index in [-0.39, 0.29) is 5.91 Å². The number of nitrogens with zero attached hydrogens (tertiary/aromatic N) is 4. The molecule has 31 heavy (non-hydrogen) atoms. The van der Waals surface area contributed by atoms with Crippen molar-refractivity contribution in [2.24, 2.45) is 7.05 Å². The van der Waals surface area contributed by atoms with Crippen LogP contribution in [0.4, 0.5) is 0 Å². The molecular weight excluding hydrogens is 394 g/mol. The minimum Gasteiger partial charge on any atom is -0.418 e.